The Bertz CT molecular complexity index is 1550. The Hall–Kier alpha value is -3.24. The molecule has 40 heavy (non-hydrogen) atoms. The van der Waals surface area contributed by atoms with Gasteiger partial charge in [-0.15, -0.1) is 0 Å². The minimum absolute atomic E-state index is 0.140. The molecule has 5 heterocycles. The van der Waals surface area contributed by atoms with Crippen molar-refractivity contribution in [3.8, 4) is 22.8 Å². The van der Waals surface area contributed by atoms with Crippen LogP contribution in [0.2, 0.25) is 5.02 Å². The van der Waals surface area contributed by atoms with E-state index in [2.05, 4.69) is 45.4 Å². The number of aromatic nitrogens is 6. The van der Waals surface area contributed by atoms with E-state index in [0.717, 1.165) is 48.0 Å². The Morgan fingerprint density at radius 2 is 1.98 bits per heavy atom. The standard InChI is InChI=1S/C29H36ClN7O3/c1-16(2)24-10-21(39-4)15-36(24)28-33-22-11-23(27-34-29(38)40-35-27)32-25(19-9-20(30)13-31-12-19)26(22)37(28)14-18-7-5-17(3)6-8-18/h9,11-13,16-18,21,24H,5-8,10,14-15H2,1-4H3,(H,34,35,38)/t17-,18-,21-,24+/m1/s1. The van der Waals surface area contributed by atoms with Crippen LogP contribution in [0.25, 0.3) is 33.8 Å². The summed E-state index contributed by atoms with van der Waals surface area (Å²) in [6.07, 6.45) is 9.32. The molecule has 0 bridgehead atoms. The Morgan fingerprint density at radius 3 is 2.65 bits per heavy atom. The van der Waals surface area contributed by atoms with E-state index in [1.807, 2.05) is 12.1 Å². The molecule has 0 spiro atoms. The molecule has 1 saturated heterocycles. The highest BCUT2D eigenvalue weighted by atomic mass is 35.5. The lowest BCUT2D eigenvalue weighted by molar-refractivity contribution is 0.116. The van der Waals surface area contributed by atoms with Gasteiger partial charge in [0, 0.05) is 44.2 Å². The normalized spacial score (nSPS) is 23.5. The molecule has 2 aliphatic rings. The first kappa shape index (κ1) is 27.0. The molecule has 0 aromatic carbocycles. The van der Waals surface area contributed by atoms with Crippen LogP contribution in [0.1, 0.15) is 52.9 Å². The van der Waals surface area contributed by atoms with Crippen molar-refractivity contribution in [2.24, 2.45) is 17.8 Å². The second kappa shape index (κ2) is 11.0. The SMILES string of the molecule is CO[C@@H]1C[C@@H](C(C)C)N(c2nc3cc(-c4noc(=O)[nH]4)nc(-c4cncc(Cl)c4)c3n2C[C@H]2CC[C@H](C)CC2)C1. The van der Waals surface area contributed by atoms with Crippen LogP contribution in [-0.2, 0) is 11.3 Å². The van der Waals surface area contributed by atoms with Gasteiger partial charge in [0.15, 0.2) is 0 Å². The number of H-pyrrole nitrogens is 1. The topological polar surface area (TPSA) is 115 Å². The van der Waals surface area contributed by atoms with Gasteiger partial charge in [0.2, 0.25) is 11.8 Å². The van der Waals surface area contributed by atoms with Gasteiger partial charge in [-0.25, -0.2) is 14.8 Å². The number of nitrogens with zero attached hydrogens (tertiary/aromatic N) is 6. The van der Waals surface area contributed by atoms with E-state index in [0.29, 0.717) is 34.3 Å². The number of halogens is 1. The van der Waals surface area contributed by atoms with Gasteiger partial charge in [0.05, 0.1) is 27.9 Å². The summed E-state index contributed by atoms with van der Waals surface area (Å²) in [4.78, 5) is 31.4. The molecule has 4 aromatic heterocycles. The zero-order valence-corrected chi connectivity index (χ0v) is 24.2. The van der Waals surface area contributed by atoms with Gasteiger partial charge >= 0.3 is 5.76 Å². The molecule has 6 rings (SSSR count). The first-order valence-electron chi connectivity index (χ1n) is 14.2. The van der Waals surface area contributed by atoms with Crippen molar-refractivity contribution in [2.75, 3.05) is 18.6 Å². The van der Waals surface area contributed by atoms with Crippen LogP contribution in [0.4, 0.5) is 5.95 Å². The number of imidazole rings is 1. The molecule has 0 amide bonds. The maximum atomic E-state index is 11.8. The molecule has 1 saturated carbocycles. The van der Waals surface area contributed by atoms with Crippen molar-refractivity contribution < 1.29 is 9.26 Å². The Kier molecular flexibility index (Phi) is 7.39. The fraction of sp³-hybridized carbons (Fsp3) is 0.552. The number of aromatic amines is 1. The molecule has 1 aliphatic carbocycles. The maximum absolute atomic E-state index is 11.8. The summed E-state index contributed by atoms with van der Waals surface area (Å²) in [6, 6.07) is 4.03. The van der Waals surface area contributed by atoms with Gasteiger partial charge in [-0.1, -0.05) is 50.4 Å². The molecular weight excluding hydrogens is 530 g/mol. The lowest BCUT2D eigenvalue weighted by Gasteiger charge is -2.31. The van der Waals surface area contributed by atoms with Crippen LogP contribution in [0.5, 0.6) is 0 Å². The molecule has 4 aromatic rings. The number of nitrogens with one attached hydrogen (secondary N) is 1. The molecule has 1 N–H and O–H groups in total. The zero-order valence-electron chi connectivity index (χ0n) is 23.4. The van der Waals surface area contributed by atoms with E-state index in [-0.39, 0.29) is 11.9 Å². The van der Waals surface area contributed by atoms with Gasteiger partial charge in [-0.3, -0.25) is 14.5 Å². The predicted molar refractivity (Wildman–Crippen MR) is 154 cm³/mol. The molecule has 2 fully saturated rings. The van der Waals surface area contributed by atoms with Crippen LogP contribution >= 0.6 is 11.6 Å². The number of pyridine rings is 2. The summed E-state index contributed by atoms with van der Waals surface area (Å²) in [5, 5.41) is 4.42. The first-order chi connectivity index (χ1) is 19.3. The van der Waals surface area contributed by atoms with Crippen LogP contribution in [0, 0.1) is 17.8 Å². The summed E-state index contributed by atoms with van der Waals surface area (Å²) >= 11 is 6.40. The molecular formula is C29H36ClN7O3. The highest BCUT2D eigenvalue weighted by Gasteiger charge is 2.38. The van der Waals surface area contributed by atoms with Gasteiger partial charge < -0.3 is 14.2 Å². The number of rotatable bonds is 7. The fourth-order valence-electron chi connectivity index (χ4n) is 6.37. The minimum atomic E-state index is -0.636. The maximum Gasteiger partial charge on any atom is 0.439 e. The van der Waals surface area contributed by atoms with Gasteiger partial charge in [0.1, 0.15) is 5.69 Å². The monoisotopic (exact) mass is 565 g/mol. The second-order valence-corrected chi connectivity index (χ2v) is 12.2. The molecule has 2 atom stereocenters. The molecule has 0 unspecified atom stereocenters. The molecule has 10 nitrogen and oxygen atoms in total. The number of methoxy groups -OCH3 is 1. The largest absolute Gasteiger partial charge is 0.439 e. The summed E-state index contributed by atoms with van der Waals surface area (Å²) < 4.78 is 13.0. The van der Waals surface area contributed by atoms with Gasteiger partial charge in [-0.05, 0) is 49.1 Å². The summed E-state index contributed by atoms with van der Waals surface area (Å²) in [5.41, 5.74) is 3.62. The van der Waals surface area contributed by atoms with Crippen molar-refractivity contribution in [3.05, 3.63) is 40.1 Å². The molecule has 1 aliphatic heterocycles. The van der Waals surface area contributed by atoms with E-state index in [1.54, 1.807) is 19.5 Å². The number of hydrogen-bond acceptors (Lipinski definition) is 8. The Balaban J connectivity index is 1.58. The van der Waals surface area contributed by atoms with Crippen molar-refractivity contribution in [2.45, 2.75) is 71.6 Å². The predicted octanol–water partition coefficient (Wildman–Crippen LogP) is 5.57. The smallest absolute Gasteiger partial charge is 0.380 e. The van der Waals surface area contributed by atoms with Crippen molar-refractivity contribution in [1.82, 2.24) is 29.7 Å². The van der Waals surface area contributed by atoms with E-state index in [4.69, 9.17) is 30.8 Å². The summed E-state index contributed by atoms with van der Waals surface area (Å²) in [6.45, 7) is 8.49. The third-order valence-corrected chi connectivity index (χ3v) is 8.81. The van der Waals surface area contributed by atoms with Crippen LogP contribution in [-0.4, -0.2) is 55.5 Å². The van der Waals surface area contributed by atoms with E-state index in [9.17, 15) is 4.79 Å². The quantitative estimate of drug-likeness (QED) is 0.309. The van der Waals surface area contributed by atoms with E-state index < -0.39 is 5.76 Å². The van der Waals surface area contributed by atoms with Crippen molar-refractivity contribution >= 4 is 28.6 Å². The Morgan fingerprint density at radius 1 is 1.18 bits per heavy atom. The summed E-state index contributed by atoms with van der Waals surface area (Å²) in [5.74, 6) is 2.28. The van der Waals surface area contributed by atoms with Crippen molar-refractivity contribution in [1.29, 1.82) is 0 Å². The average molecular weight is 566 g/mol. The van der Waals surface area contributed by atoms with E-state index in [1.165, 1.54) is 25.7 Å². The zero-order chi connectivity index (χ0) is 28.0. The lowest BCUT2D eigenvalue weighted by atomic mass is 9.83. The van der Waals surface area contributed by atoms with Crippen molar-refractivity contribution in [3.63, 3.8) is 0 Å². The number of hydrogen-bond donors (Lipinski definition) is 1. The third kappa shape index (κ3) is 5.14. The lowest BCUT2D eigenvalue weighted by Crippen LogP contribution is -2.36. The Labute approximate surface area is 238 Å². The van der Waals surface area contributed by atoms with Crippen LogP contribution < -0.4 is 10.7 Å². The highest BCUT2D eigenvalue weighted by Crippen LogP contribution is 2.39. The third-order valence-electron chi connectivity index (χ3n) is 8.61. The molecule has 212 valence electrons. The van der Waals surface area contributed by atoms with Crippen LogP contribution in [0.3, 0.4) is 0 Å². The number of fused-ring (bicyclic) bond motifs is 1. The highest BCUT2D eigenvalue weighted by molar-refractivity contribution is 6.30. The minimum Gasteiger partial charge on any atom is -0.380 e. The molecule has 11 heteroatoms. The second-order valence-electron chi connectivity index (χ2n) is 11.8. The van der Waals surface area contributed by atoms with Gasteiger partial charge in [0.25, 0.3) is 0 Å². The van der Waals surface area contributed by atoms with Crippen LogP contribution in [0.15, 0.2) is 33.8 Å². The fourth-order valence-corrected chi connectivity index (χ4v) is 6.54. The van der Waals surface area contributed by atoms with E-state index >= 15 is 0 Å². The summed E-state index contributed by atoms with van der Waals surface area (Å²) in [7, 11) is 1.79. The molecule has 0 radical (unpaired) electrons. The first-order valence-corrected chi connectivity index (χ1v) is 14.6. The van der Waals surface area contributed by atoms with Gasteiger partial charge in [-0.2, -0.15) is 0 Å². The number of anilines is 1. The average Bonchev–Trinajstić information content (AvgIpc) is 3.66. The number of ether oxygens (including phenoxy) is 1.